The molecule has 2 aromatic heterocycles. The van der Waals surface area contributed by atoms with Gasteiger partial charge in [0.05, 0.1) is 11.1 Å². The summed E-state index contributed by atoms with van der Waals surface area (Å²) < 4.78 is 21.7. The van der Waals surface area contributed by atoms with Crippen molar-refractivity contribution in [3.05, 3.63) is 56.8 Å². The first kappa shape index (κ1) is 26.9. The summed E-state index contributed by atoms with van der Waals surface area (Å²) in [5.41, 5.74) is 1.58. The Bertz CT molecular complexity index is 1420. The predicted molar refractivity (Wildman–Crippen MR) is 144 cm³/mol. The second kappa shape index (κ2) is 9.93. The highest BCUT2D eigenvalue weighted by molar-refractivity contribution is 6.30. The van der Waals surface area contributed by atoms with Crippen molar-refractivity contribution in [2.24, 2.45) is 0 Å². The molecular weight excluding hydrogens is 497 g/mol. The van der Waals surface area contributed by atoms with Gasteiger partial charge in [-0.1, -0.05) is 43.6 Å². The molecule has 10 heteroatoms. The lowest BCUT2D eigenvalue weighted by Gasteiger charge is -2.41. The van der Waals surface area contributed by atoms with Gasteiger partial charge < -0.3 is 14.5 Å². The summed E-state index contributed by atoms with van der Waals surface area (Å²) in [4.78, 5) is 38.5. The van der Waals surface area contributed by atoms with Gasteiger partial charge >= 0.3 is 11.8 Å². The smallest absolute Gasteiger partial charge is 0.410 e. The summed E-state index contributed by atoms with van der Waals surface area (Å²) in [5.74, 6) is -0.264. The van der Waals surface area contributed by atoms with Crippen LogP contribution in [0.1, 0.15) is 58.6 Å². The van der Waals surface area contributed by atoms with E-state index in [1.807, 2.05) is 71.6 Å². The Morgan fingerprint density at radius 2 is 1.92 bits per heavy atom. The van der Waals surface area contributed by atoms with Gasteiger partial charge in [0.15, 0.2) is 16.6 Å². The van der Waals surface area contributed by atoms with Crippen LogP contribution in [0, 0.1) is 12.7 Å². The maximum absolute atomic E-state index is 14.7. The molecule has 1 aliphatic rings. The molecular formula is C27H33ClFN5O3. The van der Waals surface area contributed by atoms with Crippen molar-refractivity contribution in [2.45, 2.75) is 66.0 Å². The Kier molecular flexibility index (Phi) is 7.21. The van der Waals surface area contributed by atoms with Crippen LogP contribution in [0.15, 0.2) is 29.1 Å². The quantitative estimate of drug-likeness (QED) is 0.420. The second-order valence-electron chi connectivity index (χ2n) is 10.8. The molecule has 0 unspecified atom stereocenters. The number of hydrogen-bond acceptors (Lipinski definition) is 6. The lowest BCUT2D eigenvalue weighted by atomic mass is 9.98. The van der Waals surface area contributed by atoms with Crippen LogP contribution >= 0.6 is 11.6 Å². The van der Waals surface area contributed by atoms with Crippen LogP contribution in [0.4, 0.5) is 15.0 Å². The van der Waals surface area contributed by atoms with Gasteiger partial charge in [-0.3, -0.25) is 0 Å². The number of anilines is 1. The molecule has 0 saturated carbocycles. The van der Waals surface area contributed by atoms with Gasteiger partial charge in [0.1, 0.15) is 11.4 Å². The number of benzene rings is 1. The zero-order valence-electron chi connectivity index (χ0n) is 22.3. The summed E-state index contributed by atoms with van der Waals surface area (Å²) in [6.45, 7) is 14.5. The van der Waals surface area contributed by atoms with Crippen LogP contribution in [-0.2, 0) is 4.74 Å². The van der Waals surface area contributed by atoms with E-state index >= 15 is 0 Å². The first-order valence-corrected chi connectivity index (χ1v) is 12.8. The highest BCUT2D eigenvalue weighted by atomic mass is 35.5. The molecule has 4 rings (SSSR count). The molecule has 8 nitrogen and oxygen atoms in total. The van der Waals surface area contributed by atoms with E-state index in [-0.39, 0.29) is 22.8 Å². The summed E-state index contributed by atoms with van der Waals surface area (Å²) in [5, 5.41) is 0.0531. The van der Waals surface area contributed by atoms with E-state index in [0.717, 1.165) is 11.1 Å². The number of pyridine rings is 1. The molecule has 1 amide bonds. The third-order valence-electron chi connectivity index (χ3n) is 6.42. The van der Waals surface area contributed by atoms with Gasteiger partial charge in [0.2, 0.25) is 0 Å². The van der Waals surface area contributed by atoms with E-state index in [9.17, 15) is 14.0 Å². The number of fused-ring (bicyclic) bond motifs is 1. The number of halogens is 2. The Morgan fingerprint density at radius 1 is 1.22 bits per heavy atom. The van der Waals surface area contributed by atoms with E-state index in [0.29, 0.717) is 36.5 Å². The van der Waals surface area contributed by atoms with Crippen molar-refractivity contribution in [3.8, 4) is 5.69 Å². The standard InChI is InChI=1S/C27H33ClFN5O3/c1-15(2)18-10-8-9-16(3)21(18)34-24-19(13-20(29)22(28)30-24)23(31-25(34)35)33-12-11-32(14-17(33)4)26(36)37-27(5,6)7/h8-10,13,15,17H,11-12,14H2,1-7H3/t17-/m0/s1. The fraction of sp³-hybridized carbons (Fsp3) is 0.481. The SMILES string of the molecule is Cc1cccc(C(C)C)c1-n1c(=O)nc(N2CCN(C(=O)OC(C)(C)C)C[C@@H]2C)c2cc(F)c(Cl)nc21. The number of rotatable bonds is 3. The second-order valence-corrected chi connectivity index (χ2v) is 11.2. The van der Waals surface area contributed by atoms with Crippen molar-refractivity contribution >= 4 is 34.5 Å². The number of carbonyl (C=O) groups is 1. The number of aryl methyl sites for hydroxylation is 1. The van der Waals surface area contributed by atoms with Crippen LogP contribution < -0.4 is 10.6 Å². The molecule has 3 heterocycles. The van der Waals surface area contributed by atoms with Crippen molar-refractivity contribution in [1.82, 2.24) is 19.4 Å². The molecule has 198 valence electrons. The summed E-state index contributed by atoms with van der Waals surface area (Å²) in [6.07, 6.45) is -0.396. The lowest BCUT2D eigenvalue weighted by Crippen LogP contribution is -2.55. The number of nitrogens with zero attached hydrogens (tertiary/aromatic N) is 5. The Morgan fingerprint density at radius 3 is 2.54 bits per heavy atom. The molecule has 1 aromatic carbocycles. The van der Waals surface area contributed by atoms with Gasteiger partial charge in [-0.05, 0) is 57.7 Å². The van der Waals surface area contributed by atoms with Gasteiger partial charge in [-0.15, -0.1) is 0 Å². The van der Waals surface area contributed by atoms with Crippen molar-refractivity contribution in [1.29, 1.82) is 0 Å². The number of ether oxygens (including phenoxy) is 1. The third-order valence-corrected chi connectivity index (χ3v) is 6.69. The molecule has 0 spiro atoms. The van der Waals surface area contributed by atoms with E-state index < -0.39 is 23.2 Å². The van der Waals surface area contributed by atoms with Crippen molar-refractivity contribution in [3.63, 3.8) is 0 Å². The highest BCUT2D eigenvalue weighted by Crippen LogP contribution is 2.32. The molecule has 37 heavy (non-hydrogen) atoms. The third kappa shape index (κ3) is 5.28. The summed E-state index contributed by atoms with van der Waals surface area (Å²) in [6, 6.07) is 6.88. The number of piperazine rings is 1. The molecule has 0 aliphatic carbocycles. The average Bonchev–Trinajstić information content (AvgIpc) is 2.79. The number of para-hydroxylation sites is 1. The van der Waals surface area contributed by atoms with E-state index in [1.165, 1.54) is 10.6 Å². The van der Waals surface area contributed by atoms with Crippen LogP contribution in [0.25, 0.3) is 16.7 Å². The molecule has 3 aromatic rings. The first-order valence-electron chi connectivity index (χ1n) is 12.4. The zero-order valence-corrected chi connectivity index (χ0v) is 23.1. The topological polar surface area (TPSA) is 80.6 Å². The van der Waals surface area contributed by atoms with E-state index in [4.69, 9.17) is 16.3 Å². The normalized spacial score (nSPS) is 16.5. The Labute approximate surface area is 221 Å². The summed E-state index contributed by atoms with van der Waals surface area (Å²) >= 11 is 6.12. The van der Waals surface area contributed by atoms with Crippen molar-refractivity contribution in [2.75, 3.05) is 24.5 Å². The Hall–Kier alpha value is -3.20. The Balaban J connectivity index is 1.85. The lowest BCUT2D eigenvalue weighted by molar-refractivity contribution is 0.0218. The fourth-order valence-electron chi connectivity index (χ4n) is 4.72. The molecule has 1 fully saturated rings. The van der Waals surface area contributed by atoms with Crippen LogP contribution in [-0.4, -0.2) is 56.8 Å². The predicted octanol–water partition coefficient (Wildman–Crippen LogP) is 5.45. The molecule has 0 radical (unpaired) electrons. The number of amides is 1. The molecule has 0 N–H and O–H groups in total. The van der Waals surface area contributed by atoms with E-state index in [2.05, 4.69) is 9.97 Å². The van der Waals surface area contributed by atoms with Gasteiger partial charge in [0.25, 0.3) is 0 Å². The zero-order chi connectivity index (χ0) is 27.2. The van der Waals surface area contributed by atoms with Crippen LogP contribution in [0.3, 0.4) is 0 Å². The van der Waals surface area contributed by atoms with Gasteiger partial charge in [-0.2, -0.15) is 4.98 Å². The van der Waals surface area contributed by atoms with Gasteiger partial charge in [-0.25, -0.2) is 23.5 Å². The largest absolute Gasteiger partial charge is 0.444 e. The fourth-order valence-corrected chi connectivity index (χ4v) is 4.86. The van der Waals surface area contributed by atoms with Crippen molar-refractivity contribution < 1.29 is 13.9 Å². The first-order chi connectivity index (χ1) is 17.3. The molecule has 1 saturated heterocycles. The van der Waals surface area contributed by atoms with Crippen LogP contribution in [0.5, 0.6) is 0 Å². The maximum atomic E-state index is 14.7. The highest BCUT2D eigenvalue weighted by Gasteiger charge is 2.32. The number of hydrogen-bond donors (Lipinski definition) is 0. The average molecular weight is 530 g/mol. The van der Waals surface area contributed by atoms with E-state index in [1.54, 1.807) is 4.90 Å². The molecule has 1 atom stereocenters. The molecule has 1 aliphatic heterocycles. The minimum Gasteiger partial charge on any atom is -0.444 e. The number of carbonyl (C=O) groups excluding carboxylic acids is 1. The maximum Gasteiger partial charge on any atom is 0.410 e. The van der Waals surface area contributed by atoms with Crippen LogP contribution in [0.2, 0.25) is 5.15 Å². The minimum absolute atomic E-state index is 0.119. The minimum atomic E-state index is -0.698. The van der Waals surface area contributed by atoms with Gasteiger partial charge in [0, 0.05) is 25.7 Å². The number of aromatic nitrogens is 3. The monoisotopic (exact) mass is 529 g/mol. The molecule has 0 bridgehead atoms. The summed E-state index contributed by atoms with van der Waals surface area (Å²) in [7, 11) is 0.